The third-order valence-electron chi connectivity index (χ3n) is 2.32. The highest BCUT2D eigenvalue weighted by Crippen LogP contribution is 2.03. The minimum Gasteiger partial charge on any atom is -0.394 e. The van der Waals surface area contributed by atoms with Gasteiger partial charge in [-0.05, 0) is 6.42 Å². The fourth-order valence-electron chi connectivity index (χ4n) is 1.46. The van der Waals surface area contributed by atoms with Gasteiger partial charge in [0.2, 0.25) is 0 Å². The van der Waals surface area contributed by atoms with Crippen LogP contribution in [-0.2, 0) is 4.74 Å². The van der Waals surface area contributed by atoms with Gasteiger partial charge in [-0.1, -0.05) is 0 Å². The molecule has 0 radical (unpaired) electrons. The molecule has 0 unspecified atom stereocenters. The van der Waals surface area contributed by atoms with Gasteiger partial charge in [0.25, 0.3) is 0 Å². The Labute approximate surface area is 103 Å². The minimum atomic E-state index is -0.304. The second kappa shape index (κ2) is 6.12. The number of hydrogen-bond donors (Lipinski definition) is 3. The summed E-state index contributed by atoms with van der Waals surface area (Å²) in [6, 6.07) is 1.69. The van der Waals surface area contributed by atoms with Crippen molar-refractivity contribution in [2.45, 2.75) is 6.42 Å². The van der Waals surface area contributed by atoms with E-state index < -0.39 is 0 Å². The standard InChI is InChI=1S/C10H15N5O3/c16-3-5-18-4-1-2-11-8-6-9-13-14-10(17)15(9)7-12-8/h6-7,11,16H,1-5H2,(H,14,17). The Morgan fingerprint density at radius 3 is 3.22 bits per heavy atom. The van der Waals surface area contributed by atoms with Gasteiger partial charge in [-0.2, -0.15) is 5.10 Å². The number of nitrogens with zero attached hydrogens (tertiary/aromatic N) is 3. The molecule has 2 aromatic heterocycles. The zero-order valence-corrected chi connectivity index (χ0v) is 9.80. The number of aliphatic hydroxyl groups is 1. The lowest BCUT2D eigenvalue weighted by Crippen LogP contribution is -2.11. The van der Waals surface area contributed by atoms with Gasteiger partial charge in [0.1, 0.15) is 12.1 Å². The number of anilines is 1. The zero-order valence-electron chi connectivity index (χ0n) is 9.80. The maximum absolute atomic E-state index is 11.2. The highest BCUT2D eigenvalue weighted by Gasteiger charge is 2.01. The van der Waals surface area contributed by atoms with E-state index in [9.17, 15) is 4.79 Å². The quantitative estimate of drug-likeness (QED) is 0.560. The Kier molecular flexibility index (Phi) is 4.26. The summed E-state index contributed by atoms with van der Waals surface area (Å²) >= 11 is 0. The Balaban J connectivity index is 1.83. The van der Waals surface area contributed by atoms with Crippen LogP contribution in [0.2, 0.25) is 0 Å². The van der Waals surface area contributed by atoms with Crippen molar-refractivity contribution in [3.8, 4) is 0 Å². The summed E-state index contributed by atoms with van der Waals surface area (Å²) in [5.74, 6) is 0.656. The molecule has 0 atom stereocenters. The summed E-state index contributed by atoms with van der Waals surface area (Å²) in [6.07, 6.45) is 2.23. The van der Waals surface area contributed by atoms with Gasteiger partial charge in [0, 0.05) is 19.2 Å². The van der Waals surface area contributed by atoms with Crippen LogP contribution in [0.5, 0.6) is 0 Å². The number of hydrogen-bond acceptors (Lipinski definition) is 6. The Morgan fingerprint density at radius 1 is 1.50 bits per heavy atom. The largest absolute Gasteiger partial charge is 0.394 e. The van der Waals surface area contributed by atoms with E-state index in [1.807, 2.05) is 0 Å². The first-order chi connectivity index (χ1) is 8.81. The van der Waals surface area contributed by atoms with Gasteiger partial charge < -0.3 is 15.2 Å². The maximum Gasteiger partial charge on any atom is 0.348 e. The van der Waals surface area contributed by atoms with Crippen LogP contribution in [0.4, 0.5) is 5.82 Å². The molecular weight excluding hydrogens is 238 g/mol. The third-order valence-corrected chi connectivity index (χ3v) is 2.32. The average Bonchev–Trinajstić information content (AvgIpc) is 2.75. The smallest absolute Gasteiger partial charge is 0.348 e. The lowest BCUT2D eigenvalue weighted by atomic mass is 10.4. The number of ether oxygens (including phenoxy) is 1. The molecular formula is C10H15N5O3. The fourth-order valence-corrected chi connectivity index (χ4v) is 1.46. The molecule has 0 aromatic carbocycles. The zero-order chi connectivity index (χ0) is 12.8. The van der Waals surface area contributed by atoms with Crippen molar-refractivity contribution in [2.75, 3.05) is 31.7 Å². The molecule has 0 saturated carbocycles. The van der Waals surface area contributed by atoms with Gasteiger partial charge in [-0.3, -0.25) is 0 Å². The number of rotatable bonds is 7. The van der Waals surface area contributed by atoms with Crippen molar-refractivity contribution in [3.63, 3.8) is 0 Å². The number of aromatic nitrogens is 4. The summed E-state index contributed by atoms with van der Waals surface area (Å²) in [4.78, 5) is 15.3. The molecule has 8 heteroatoms. The second-order valence-corrected chi connectivity index (χ2v) is 3.65. The van der Waals surface area contributed by atoms with Crippen LogP contribution in [0, 0.1) is 0 Å². The van der Waals surface area contributed by atoms with Crippen molar-refractivity contribution < 1.29 is 9.84 Å². The first-order valence-corrected chi connectivity index (χ1v) is 5.66. The van der Waals surface area contributed by atoms with Gasteiger partial charge in [0.05, 0.1) is 13.2 Å². The number of H-pyrrole nitrogens is 1. The predicted molar refractivity (Wildman–Crippen MR) is 64.6 cm³/mol. The van der Waals surface area contributed by atoms with Crippen LogP contribution in [0.25, 0.3) is 5.65 Å². The van der Waals surface area contributed by atoms with E-state index in [2.05, 4.69) is 20.5 Å². The Hall–Kier alpha value is -1.93. The Bertz CT molecular complexity index is 550. The molecule has 0 saturated heterocycles. The predicted octanol–water partition coefficient (Wildman–Crippen LogP) is -0.771. The molecule has 0 aliphatic carbocycles. The molecule has 0 amide bonds. The summed E-state index contributed by atoms with van der Waals surface area (Å²) in [5, 5.41) is 17.8. The third kappa shape index (κ3) is 3.05. The average molecular weight is 253 g/mol. The fraction of sp³-hybridized carbons (Fsp3) is 0.500. The van der Waals surface area contributed by atoms with Crippen molar-refractivity contribution in [3.05, 3.63) is 22.9 Å². The van der Waals surface area contributed by atoms with E-state index in [1.165, 1.54) is 10.7 Å². The van der Waals surface area contributed by atoms with Crippen molar-refractivity contribution >= 4 is 11.5 Å². The number of fused-ring (bicyclic) bond motifs is 1. The number of nitrogens with one attached hydrogen (secondary N) is 2. The summed E-state index contributed by atoms with van der Waals surface area (Å²) in [5.41, 5.74) is 0.218. The van der Waals surface area contributed by atoms with E-state index in [4.69, 9.17) is 9.84 Å². The van der Waals surface area contributed by atoms with Crippen molar-refractivity contribution in [1.82, 2.24) is 19.6 Å². The van der Waals surface area contributed by atoms with Crippen molar-refractivity contribution in [1.29, 1.82) is 0 Å². The minimum absolute atomic E-state index is 0.0412. The summed E-state index contributed by atoms with van der Waals surface area (Å²) < 4.78 is 6.45. The molecule has 2 aromatic rings. The van der Waals surface area contributed by atoms with Crippen LogP contribution < -0.4 is 11.0 Å². The monoisotopic (exact) mass is 253 g/mol. The van der Waals surface area contributed by atoms with Crippen molar-refractivity contribution in [2.24, 2.45) is 0 Å². The van der Waals surface area contributed by atoms with Crippen LogP contribution in [0.1, 0.15) is 6.42 Å². The molecule has 0 aliphatic rings. The molecule has 2 heterocycles. The van der Waals surface area contributed by atoms with Crippen LogP contribution in [0.15, 0.2) is 17.2 Å². The van der Waals surface area contributed by atoms with Gasteiger partial charge in [-0.25, -0.2) is 19.3 Å². The van der Waals surface area contributed by atoms with E-state index in [0.717, 1.165) is 6.42 Å². The van der Waals surface area contributed by atoms with E-state index >= 15 is 0 Å². The van der Waals surface area contributed by atoms with E-state index in [1.54, 1.807) is 6.07 Å². The highest BCUT2D eigenvalue weighted by atomic mass is 16.5. The Morgan fingerprint density at radius 2 is 2.39 bits per heavy atom. The summed E-state index contributed by atoms with van der Waals surface area (Å²) in [6.45, 7) is 1.68. The number of aromatic amines is 1. The lowest BCUT2D eigenvalue weighted by Gasteiger charge is -2.05. The summed E-state index contributed by atoms with van der Waals surface area (Å²) in [7, 11) is 0. The molecule has 3 N–H and O–H groups in total. The molecule has 0 bridgehead atoms. The van der Waals surface area contributed by atoms with Gasteiger partial charge >= 0.3 is 5.69 Å². The maximum atomic E-state index is 11.2. The molecule has 0 fully saturated rings. The first-order valence-electron chi connectivity index (χ1n) is 5.66. The van der Waals surface area contributed by atoms with Crippen LogP contribution >= 0.6 is 0 Å². The molecule has 0 aliphatic heterocycles. The second-order valence-electron chi connectivity index (χ2n) is 3.65. The normalized spacial score (nSPS) is 10.9. The molecule has 2 rings (SSSR count). The topological polar surface area (TPSA) is 105 Å². The van der Waals surface area contributed by atoms with Crippen LogP contribution in [0.3, 0.4) is 0 Å². The van der Waals surface area contributed by atoms with Crippen LogP contribution in [-0.4, -0.2) is 51.1 Å². The SMILES string of the molecule is O=c1[nH]nc2cc(NCCCOCCO)ncn12. The van der Waals surface area contributed by atoms with Gasteiger partial charge in [-0.15, -0.1) is 0 Å². The molecule has 0 spiro atoms. The molecule has 98 valence electrons. The van der Waals surface area contributed by atoms with E-state index in [-0.39, 0.29) is 12.3 Å². The molecule has 8 nitrogen and oxygen atoms in total. The lowest BCUT2D eigenvalue weighted by molar-refractivity contribution is 0.0922. The van der Waals surface area contributed by atoms with Gasteiger partial charge in [0.15, 0.2) is 5.65 Å². The van der Waals surface area contributed by atoms with E-state index in [0.29, 0.717) is 31.2 Å². The molecule has 18 heavy (non-hydrogen) atoms. The first kappa shape index (κ1) is 12.5. The highest BCUT2D eigenvalue weighted by molar-refractivity contribution is 5.48. The number of aliphatic hydroxyl groups excluding tert-OH is 1.